The molecule has 1 aliphatic heterocycles. The molecule has 0 saturated heterocycles. The SMILES string of the molecule is [2H]c1c([2H])c([2H])c(-n2c3c([2H])c([2H])c(-c4c([2H])c([2H])c5c(c4[2H])-c4c([2H])c([2H])c([2H])c6c([2H])c([2H])c([2H])c(c46)O5)c([2H])c3c3c([2H])c([2H])c4c([2H])c([2H])c([2H])c([2H])c4c32)c([2H])c1[2H]. The molecule has 0 atom stereocenters. The van der Waals surface area contributed by atoms with Gasteiger partial charge in [0.05, 0.1) is 42.6 Å². The van der Waals surface area contributed by atoms with Gasteiger partial charge in [0, 0.05) is 32.8 Å². The fourth-order valence-electron chi connectivity index (χ4n) is 4.94. The normalized spacial score (nSPS) is 20.2. The van der Waals surface area contributed by atoms with Crippen LogP contribution in [-0.4, -0.2) is 4.57 Å². The van der Waals surface area contributed by atoms with Crippen molar-refractivity contribution in [3.8, 4) is 39.4 Å². The highest BCUT2D eigenvalue weighted by Gasteiger charge is 2.21. The van der Waals surface area contributed by atoms with Crippen molar-refractivity contribution in [1.29, 1.82) is 0 Å². The van der Waals surface area contributed by atoms with Crippen LogP contribution in [0.1, 0.15) is 31.5 Å². The van der Waals surface area contributed by atoms with Gasteiger partial charge in [-0.3, -0.25) is 0 Å². The van der Waals surface area contributed by atoms with Crippen LogP contribution in [0.15, 0.2) is 139 Å². The van der Waals surface area contributed by atoms with Gasteiger partial charge >= 0.3 is 0 Å². The summed E-state index contributed by atoms with van der Waals surface area (Å²) in [6.07, 6.45) is 0. The second-order valence-corrected chi connectivity index (χ2v) is 8.77. The van der Waals surface area contributed by atoms with Gasteiger partial charge in [-0.2, -0.15) is 0 Å². The van der Waals surface area contributed by atoms with Crippen molar-refractivity contribution in [3.05, 3.63) is 139 Å². The Morgan fingerprint density at radius 3 is 2.20 bits per heavy atom. The van der Waals surface area contributed by atoms with Gasteiger partial charge in [0.1, 0.15) is 11.5 Å². The Morgan fingerprint density at radius 1 is 0.500 bits per heavy atom. The summed E-state index contributed by atoms with van der Waals surface area (Å²) in [6, 6.07) is -18.6. The van der Waals surface area contributed by atoms with Gasteiger partial charge in [0.15, 0.2) is 0 Å². The first-order chi connectivity index (χ1) is 29.4. The smallest absolute Gasteiger partial charge is 0.135 e. The summed E-state index contributed by atoms with van der Waals surface area (Å²) in [7, 11) is 0. The number of nitrogens with zero attached hydrogens (tertiary/aromatic N) is 1. The zero-order chi connectivity index (χ0) is 46.2. The Morgan fingerprint density at radius 2 is 1.27 bits per heavy atom. The molecule has 0 saturated carbocycles. The third kappa shape index (κ3) is 2.99. The molecule has 0 fully saturated rings. The molecule has 1 aliphatic rings. The molecular formula is C38H23NO. The monoisotopic (exact) mass is 532 g/mol. The second-order valence-electron chi connectivity index (χ2n) is 8.77. The minimum absolute atomic E-state index is 0.287. The van der Waals surface area contributed by atoms with E-state index < -0.39 is 205 Å². The lowest BCUT2D eigenvalue weighted by atomic mass is 9.92. The lowest BCUT2D eigenvalue weighted by Gasteiger charge is -2.22. The molecule has 186 valence electrons. The van der Waals surface area contributed by atoms with E-state index >= 15 is 0 Å². The minimum atomic E-state index is -0.953. The lowest BCUT2D eigenvalue weighted by Crippen LogP contribution is -1.97. The Bertz CT molecular complexity index is 3540. The van der Waals surface area contributed by atoms with Crippen LogP contribution in [0, 0.1) is 0 Å². The Balaban J connectivity index is 1.54. The van der Waals surface area contributed by atoms with Crippen molar-refractivity contribution in [2.75, 3.05) is 0 Å². The molecule has 7 aromatic carbocycles. The number of fused-ring (bicyclic) bond motifs is 7. The number of rotatable bonds is 2. The summed E-state index contributed by atoms with van der Waals surface area (Å²) in [5.74, 6) is -1.08. The molecule has 9 rings (SSSR count). The summed E-state index contributed by atoms with van der Waals surface area (Å²) in [6.45, 7) is 0. The molecule has 0 N–H and O–H groups in total. The van der Waals surface area contributed by atoms with Crippen LogP contribution in [0.5, 0.6) is 11.5 Å². The van der Waals surface area contributed by atoms with Crippen molar-refractivity contribution >= 4 is 43.4 Å². The van der Waals surface area contributed by atoms with Crippen LogP contribution in [0.2, 0.25) is 0 Å². The maximum atomic E-state index is 9.73. The number of aromatic nitrogens is 1. The summed E-state index contributed by atoms with van der Waals surface area (Å²) >= 11 is 0. The molecule has 0 amide bonds. The number of hydrogen-bond acceptors (Lipinski definition) is 1. The zero-order valence-electron chi connectivity index (χ0n) is 42.9. The molecule has 2 nitrogen and oxygen atoms in total. The van der Waals surface area contributed by atoms with Crippen LogP contribution >= 0.6 is 0 Å². The van der Waals surface area contributed by atoms with Crippen LogP contribution in [0.25, 0.3) is 71.3 Å². The molecule has 0 bridgehead atoms. The maximum absolute atomic E-state index is 9.73. The van der Waals surface area contributed by atoms with Gasteiger partial charge in [-0.25, -0.2) is 0 Å². The standard InChI is InChI=1S/C38H23NO/c1-2-11-28(12-3-1)39-34-20-17-26(22-32(34)31-19-16-24-8-4-5-13-29(24)38(31)39)27-18-21-35-33(23-27)30-14-6-9-25-10-7-15-36(40-35)37(25)30/h1-23H/i1D,2D,3D,4D,5D,6D,7D,8D,9D,10D,11D,12D,13D,14D,15D,16D,17D,18D,19D,20D,21D,22D,23D. The molecule has 0 aliphatic carbocycles. The third-order valence-electron chi connectivity index (χ3n) is 6.62. The highest BCUT2D eigenvalue weighted by atomic mass is 16.5. The van der Waals surface area contributed by atoms with Crippen LogP contribution in [0.3, 0.4) is 0 Å². The average molecular weight is 533 g/mol. The summed E-state index contributed by atoms with van der Waals surface area (Å²) < 4.78 is 210. The maximum Gasteiger partial charge on any atom is 0.135 e. The Labute approximate surface area is 263 Å². The highest BCUT2D eigenvalue weighted by molar-refractivity contribution is 6.19. The van der Waals surface area contributed by atoms with Crippen molar-refractivity contribution in [2.24, 2.45) is 0 Å². The van der Waals surface area contributed by atoms with Crippen molar-refractivity contribution in [1.82, 2.24) is 4.57 Å². The molecular weight excluding hydrogens is 486 g/mol. The molecule has 1 aromatic heterocycles. The van der Waals surface area contributed by atoms with Gasteiger partial charge in [0.2, 0.25) is 0 Å². The number of ether oxygens (including phenoxy) is 1. The highest BCUT2D eigenvalue weighted by Crippen LogP contribution is 2.48. The van der Waals surface area contributed by atoms with Crippen molar-refractivity contribution < 1.29 is 36.3 Å². The molecule has 2 heterocycles. The Hall–Kier alpha value is -5.34. The van der Waals surface area contributed by atoms with Gasteiger partial charge in [-0.1, -0.05) is 96.7 Å². The molecule has 0 spiro atoms. The van der Waals surface area contributed by atoms with E-state index in [0.29, 0.717) is 0 Å². The topological polar surface area (TPSA) is 14.2 Å². The van der Waals surface area contributed by atoms with Crippen molar-refractivity contribution in [3.63, 3.8) is 0 Å². The average Bonchev–Trinajstić information content (AvgIpc) is 3.60. The molecule has 0 radical (unpaired) electrons. The quantitative estimate of drug-likeness (QED) is 0.216. The largest absolute Gasteiger partial charge is 0.456 e. The second kappa shape index (κ2) is 8.08. The van der Waals surface area contributed by atoms with Crippen molar-refractivity contribution in [2.45, 2.75) is 0 Å². The van der Waals surface area contributed by atoms with E-state index in [2.05, 4.69) is 0 Å². The van der Waals surface area contributed by atoms with E-state index in [1.165, 1.54) is 0 Å². The number of benzene rings is 7. The van der Waals surface area contributed by atoms with Gasteiger partial charge in [-0.15, -0.1) is 0 Å². The van der Waals surface area contributed by atoms with E-state index in [1.54, 1.807) is 0 Å². The fourth-order valence-corrected chi connectivity index (χ4v) is 4.94. The van der Waals surface area contributed by atoms with E-state index in [4.69, 9.17) is 28.0 Å². The molecule has 40 heavy (non-hydrogen) atoms. The van der Waals surface area contributed by atoms with Crippen LogP contribution in [-0.2, 0) is 0 Å². The summed E-state index contributed by atoms with van der Waals surface area (Å²) in [5.41, 5.74) is -4.09. The van der Waals surface area contributed by atoms with E-state index in [-0.39, 0.29) is 16.3 Å². The van der Waals surface area contributed by atoms with E-state index in [0.717, 1.165) is 4.57 Å². The minimum Gasteiger partial charge on any atom is -0.456 e. The fraction of sp³-hybridized carbons (Fsp3) is 0. The first-order valence-corrected chi connectivity index (χ1v) is 11.8. The first-order valence-electron chi connectivity index (χ1n) is 23.3. The first kappa shape index (κ1) is 9.11. The van der Waals surface area contributed by atoms with Gasteiger partial charge < -0.3 is 9.30 Å². The van der Waals surface area contributed by atoms with Crippen LogP contribution in [0.4, 0.5) is 0 Å². The number of hydrogen-bond donors (Lipinski definition) is 0. The third-order valence-corrected chi connectivity index (χ3v) is 6.62. The molecule has 0 unspecified atom stereocenters. The Kier molecular flexibility index (Phi) is 1.84. The van der Waals surface area contributed by atoms with E-state index in [9.17, 15) is 8.22 Å². The van der Waals surface area contributed by atoms with Gasteiger partial charge in [-0.05, 0) is 69.8 Å². The summed E-state index contributed by atoms with van der Waals surface area (Å²) in [5, 5.41) is -2.74. The predicted molar refractivity (Wildman–Crippen MR) is 167 cm³/mol. The zero-order valence-corrected chi connectivity index (χ0v) is 19.9. The lowest BCUT2D eigenvalue weighted by molar-refractivity contribution is 0.487. The number of para-hydroxylation sites is 1. The molecule has 2 heteroatoms. The van der Waals surface area contributed by atoms with Crippen LogP contribution < -0.4 is 4.74 Å². The van der Waals surface area contributed by atoms with Gasteiger partial charge in [0.25, 0.3) is 0 Å². The summed E-state index contributed by atoms with van der Waals surface area (Å²) in [4.78, 5) is 0. The molecule has 8 aromatic rings. The van der Waals surface area contributed by atoms with E-state index in [1.807, 2.05) is 0 Å². The predicted octanol–water partition coefficient (Wildman–Crippen LogP) is 10.5.